The molecule has 0 aliphatic carbocycles. The number of nitrogens with zero attached hydrogens (tertiary/aromatic N) is 1. The van der Waals surface area contributed by atoms with Crippen LogP contribution in [0.25, 0.3) is 0 Å². The van der Waals surface area contributed by atoms with E-state index in [1.807, 2.05) is 0 Å². The zero-order valence-electron chi connectivity index (χ0n) is 8.47. The molecule has 0 aromatic heterocycles. The molecule has 1 aromatic rings. The number of carbonyl (C=O) groups excluding carboxylic acids is 2. The monoisotopic (exact) mass is 276 g/mol. The average molecular weight is 277 g/mol. The van der Waals surface area contributed by atoms with Gasteiger partial charge in [-0.05, 0) is 12.1 Å². The van der Waals surface area contributed by atoms with Crippen LogP contribution < -0.4 is 10.2 Å². The van der Waals surface area contributed by atoms with Crippen molar-refractivity contribution < 1.29 is 14.0 Å². The Hall–Kier alpha value is -1.33. The number of hydrogen-bond acceptors (Lipinski definition) is 2. The van der Waals surface area contributed by atoms with Gasteiger partial charge in [0.25, 0.3) is 0 Å². The first-order chi connectivity index (χ1) is 7.99. The lowest BCUT2D eigenvalue weighted by Crippen LogP contribution is -2.49. The van der Waals surface area contributed by atoms with Gasteiger partial charge in [0, 0.05) is 13.0 Å². The summed E-state index contributed by atoms with van der Waals surface area (Å²) >= 11 is 11.7. The Bertz CT molecular complexity index is 484. The molecule has 0 saturated carbocycles. The molecule has 1 N–H and O–H groups in total. The van der Waals surface area contributed by atoms with Crippen molar-refractivity contribution in [3.05, 3.63) is 28.0 Å². The summed E-state index contributed by atoms with van der Waals surface area (Å²) in [6, 6.07) is 1.51. The van der Waals surface area contributed by atoms with E-state index in [4.69, 9.17) is 23.2 Å². The Labute approximate surface area is 106 Å². The molecule has 3 amide bonds. The molecule has 0 unspecified atom stereocenters. The molecule has 1 aromatic carbocycles. The van der Waals surface area contributed by atoms with Gasteiger partial charge in [0.05, 0.1) is 15.7 Å². The van der Waals surface area contributed by atoms with E-state index in [0.29, 0.717) is 0 Å². The van der Waals surface area contributed by atoms with Crippen LogP contribution in [0.2, 0.25) is 10.0 Å². The SMILES string of the molecule is O=C1CCN(c2c(Cl)cc(F)cc2Cl)C(=O)N1. The molecule has 1 aliphatic heterocycles. The third-order valence-electron chi connectivity index (χ3n) is 2.31. The van der Waals surface area contributed by atoms with Gasteiger partial charge in [0.2, 0.25) is 5.91 Å². The maximum Gasteiger partial charge on any atom is 0.328 e. The van der Waals surface area contributed by atoms with Crippen molar-refractivity contribution in [3.8, 4) is 0 Å². The second-order valence-electron chi connectivity index (χ2n) is 3.47. The van der Waals surface area contributed by atoms with Gasteiger partial charge in [-0.1, -0.05) is 23.2 Å². The molecule has 0 radical (unpaired) electrons. The first-order valence-corrected chi connectivity index (χ1v) is 5.50. The minimum atomic E-state index is -0.614. The fraction of sp³-hybridized carbons (Fsp3) is 0.200. The number of imide groups is 1. The Morgan fingerprint density at radius 2 is 1.82 bits per heavy atom. The van der Waals surface area contributed by atoms with Crippen molar-refractivity contribution in [3.63, 3.8) is 0 Å². The second kappa shape index (κ2) is 4.50. The van der Waals surface area contributed by atoms with Crippen LogP contribution in [0, 0.1) is 5.82 Å². The predicted octanol–water partition coefficient (Wildman–Crippen LogP) is 2.58. The van der Waals surface area contributed by atoms with Crippen molar-refractivity contribution in [2.75, 3.05) is 11.4 Å². The summed E-state index contributed by atoms with van der Waals surface area (Å²) < 4.78 is 13.0. The summed E-state index contributed by atoms with van der Waals surface area (Å²) in [5, 5.41) is 2.19. The van der Waals surface area contributed by atoms with E-state index in [9.17, 15) is 14.0 Å². The molecular formula is C10H7Cl2FN2O2. The molecule has 7 heteroatoms. The first-order valence-electron chi connectivity index (χ1n) is 4.75. The van der Waals surface area contributed by atoms with Crippen LogP contribution in [0.15, 0.2) is 12.1 Å². The number of hydrogen-bond donors (Lipinski definition) is 1. The van der Waals surface area contributed by atoms with Gasteiger partial charge in [0.1, 0.15) is 5.82 Å². The Kier molecular flexibility index (Phi) is 3.22. The van der Waals surface area contributed by atoms with E-state index in [-0.39, 0.29) is 34.6 Å². The van der Waals surface area contributed by atoms with Crippen molar-refractivity contribution in [1.82, 2.24) is 5.32 Å². The number of halogens is 3. The highest BCUT2D eigenvalue weighted by Gasteiger charge is 2.27. The molecule has 0 atom stereocenters. The Balaban J connectivity index is 2.40. The summed E-state index contributed by atoms with van der Waals surface area (Å²) in [7, 11) is 0. The normalized spacial score (nSPS) is 16.1. The fourth-order valence-corrected chi connectivity index (χ4v) is 2.23. The van der Waals surface area contributed by atoms with E-state index in [1.165, 1.54) is 4.90 Å². The molecule has 90 valence electrons. The average Bonchev–Trinajstić information content (AvgIpc) is 2.19. The van der Waals surface area contributed by atoms with Crippen LogP contribution >= 0.6 is 23.2 Å². The third-order valence-corrected chi connectivity index (χ3v) is 2.88. The molecule has 2 rings (SSSR count). The summed E-state index contributed by atoms with van der Waals surface area (Å²) in [6.07, 6.45) is 0.149. The number of rotatable bonds is 1. The van der Waals surface area contributed by atoms with Gasteiger partial charge in [-0.2, -0.15) is 0 Å². The van der Waals surface area contributed by atoms with Crippen LogP contribution in [0.1, 0.15) is 6.42 Å². The van der Waals surface area contributed by atoms with Crippen LogP contribution in [0.3, 0.4) is 0 Å². The quantitative estimate of drug-likeness (QED) is 0.857. The molecule has 1 fully saturated rings. The van der Waals surface area contributed by atoms with E-state index < -0.39 is 11.8 Å². The van der Waals surface area contributed by atoms with Crippen molar-refractivity contribution in [1.29, 1.82) is 0 Å². The van der Waals surface area contributed by atoms with Crippen molar-refractivity contribution in [2.45, 2.75) is 6.42 Å². The molecule has 1 heterocycles. The topological polar surface area (TPSA) is 49.4 Å². The van der Waals surface area contributed by atoms with Crippen LogP contribution in [0.5, 0.6) is 0 Å². The number of carbonyl (C=O) groups is 2. The number of anilines is 1. The van der Waals surface area contributed by atoms with Gasteiger partial charge >= 0.3 is 6.03 Å². The highest BCUT2D eigenvalue weighted by Crippen LogP contribution is 2.35. The summed E-state index contributed by atoms with van der Waals surface area (Å²) in [4.78, 5) is 23.8. The zero-order valence-corrected chi connectivity index (χ0v) is 9.98. The van der Waals surface area contributed by atoms with Gasteiger partial charge < -0.3 is 0 Å². The Morgan fingerprint density at radius 3 is 2.35 bits per heavy atom. The van der Waals surface area contributed by atoms with Gasteiger partial charge in [0.15, 0.2) is 0 Å². The lowest BCUT2D eigenvalue weighted by atomic mass is 10.2. The number of amides is 3. The molecule has 1 aliphatic rings. The number of nitrogens with one attached hydrogen (secondary N) is 1. The molecule has 17 heavy (non-hydrogen) atoms. The summed E-state index contributed by atoms with van der Waals surface area (Å²) in [5.74, 6) is -0.946. The van der Waals surface area contributed by atoms with Crippen molar-refractivity contribution in [2.24, 2.45) is 0 Å². The Morgan fingerprint density at radius 1 is 1.24 bits per heavy atom. The first kappa shape index (κ1) is 12.1. The van der Waals surface area contributed by atoms with Crippen LogP contribution in [-0.4, -0.2) is 18.5 Å². The third kappa shape index (κ3) is 2.35. The summed E-state index contributed by atoms with van der Waals surface area (Å²) in [5.41, 5.74) is 0.208. The largest absolute Gasteiger partial charge is 0.328 e. The van der Waals surface area contributed by atoms with Crippen LogP contribution in [-0.2, 0) is 4.79 Å². The van der Waals surface area contributed by atoms with Gasteiger partial charge in [-0.3, -0.25) is 15.0 Å². The number of benzene rings is 1. The maximum atomic E-state index is 13.0. The molecule has 1 saturated heterocycles. The van der Waals surface area contributed by atoms with E-state index in [1.54, 1.807) is 0 Å². The minimum Gasteiger partial charge on any atom is -0.291 e. The highest BCUT2D eigenvalue weighted by molar-refractivity contribution is 6.40. The van der Waals surface area contributed by atoms with E-state index in [2.05, 4.69) is 5.32 Å². The zero-order chi connectivity index (χ0) is 12.6. The highest BCUT2D eigenvalue weighted by atomic mass is 35.5. The van der Waals surface area contributed by atoms with E-state index in [0.717, 1.165) is 12.1 Å². The van der Waals surface area contributed by atoms with Gasteiger partial charge in [-0.25, -0.2) is 9.18 Å². The molecule has 0 spiro atoms. The smallest absolute Gasteiger partial charge is 0.291 e. The molecule has 4 nitrogen and oxygen atoms in total. The lowest BCUT2D eigenvalue weighted by molar-refractivity contribution is -0.120. The predicted molar refractivity (Wildman–Crippen MR) is 61.9 cm³/mol. The van der Waals surface area contributed by atoms with Crippen molar-refractivity contribution >= 4 is 40.8 Å². The maximum absolute atomic E-state index is 13.0. The summed E-state index contributed by atoms with van der Waals surface area (Å²) in [6.45, 7) is 0.162. The molecular weight excluding hydrogens is 270 g/mol. The molecule has 0 bridgehead atoms. The second-order valence-corrected chi connectivity index (χ2v) is 4.29. The fourth-order valence-electron chi connectivity index (χ4n) is 1.57. The van der Waals surface area contributed by atoms with Gasteiger partial charge in [-0.15, -0.1) is 0 Å². The van der Waals surface area contributed by atoms with E-state index >= 15 is 0 Å². The number of urea groups is 1. The lowest BCUT2D eigenvalue weighted by Gasteiger charge is -2.28. The minimum absolute atomic E-state index is 0.0273. The standard InChI is InChI=1S/C10H7Cl2FN2O2/c11-6-3-5(13)4-7(12)9(6)15-2-1-8(16)14-10(15)17/h3-4H,1-2H2,(H,14,16,17). The van der Waals surface area contributed by atoms with Crippen LogP contribution in [0.4, 0.5) is 14.9 Å².